The zero-order chi connectivity index (χ0) is 41.9. The van der Waals surface area contributed by atoms with Gasteiger partial charge in [-0.3, -0.25) is 34.4 Å². The van der Waals surface area contributed by atoms with E-state index in [1.165, 1.54) is 12.1 Å². The lowest BCUT2D eigenvalue weighted by molar-refractivity contribution is -0.167. The number of esters is 1. The number of allylic oxidation sites excluding steroid dienone is 1. The van der Waals surface area contributed by atoms with Crippen LogP contribution in [0.5, 0.6) is 5.75 Å². The van der Waals surface area contributed by atoms with Crippen LogP contribution in [-0.4, -0.2) is 116 Å². The number of phenolic OH excluding ortho intramolecular Hbond substituents is 1. The summed E-state index contributed by atoms with van der Waals surface area (Å²) >= 11 is 0. The number of aliphatic imine (C=N–C) groups is 1. The van der Waals surface area contributed by atoms with E-state index in [9.17, 15) is 44.3 Å². The first kappa shape index (κ1) is 46.4. The fourth-order valence-corrected chi connectivity index (χ4v) is 6.53. The molecule has 1 saturated heterocycles. The van der Waals surface area contributed by atoms with Gasteiger partial charge in [-0.15, -0.1) is 0 Å². The van der Waals surface area contributed by atoms with E-state index >= 15 is 0 Å². The molecule has 17 nitrogen and oxygen atoms in total. The number of phenols is 1. The number of rotatable bonds is 23. The molecule has 57 heavy (non-hydrogen) atoms. The average Bonchev–Trinajstić information content (AvgIpc) is 3.50. The van der Waals surface area contributed by atoms with Gasteiger partial charge in [0.05, 0.1) is 11.5 Å². The standard InChI is InChI=1S/C40H59N5O12/c1-4-32(26(2)36(50)41-29-19-14-17-25-45(55)39(29)52)57-40(53)30(42-37(51)35-27(3)56-38(43-35)28-18-12-13-21-31(28)46)20-15-16-24-44(54)33(47)22-10-8-6-5-7-9-11-23-34(48)49/h10,12-13,18,21-22,26-27,29-30,32,35,46,54-55H,4-9,11,14-17,19-20,23-25H2,1-3H3,(H,41,50)(H,42,51)(H,48,49)/b22-10-/t26-,27+,29-,30+,32+,35-/m1/s1. The van der Waals surface area contributed by atoms with Gasteiger partial charge in [0.1, 0.15) is 30.0 Å². The lowest BCUT2D eigenvalue weighted by atomic mass is 10.00. The van der Waals surface area contributed by atoms with Crippen LogP contribution in [0.2, 0.25) is 0 Å². The minimum absolute atomic E-state index is 0.0484. The molecule has 2 aliphatic heterocycles. The number of hydrogen-bond donors (Lipinski definition) is 6. The number of unbranched alkanes of at least 4 members (excludes halogenated alkanes) is 6. The number of carbonyl (C=O) groups is 6. The van der Waals surface area contributed by atoms with Gasteiger partial charge in [-0.1, -0.05) is 51.3 Å². The van der Waals surface area contributed by atoms with E-state index < -0.39 is 71.8 Å². The Balaban J connectivity index is 1.61. The first-order valence-corrected chi connectivity index (χ1v) is 20.0. The van der Waals surface area contributed by atoms with Crippen molar-refractivity contribution in [3.63, 3.8) is 0 Å². The Hall–Kier alpha value is -5.03. The van der Waals surface area contributed by atoms with Crippen molar-refractivity contribution in [1.82, 2.24) is 20.8 Å². The quantitative estimate of drug-likeness (QED) is 0.0302. The number of hydroxylamine groups is 4. The number of hydrogen-bond acceptors (Lipinski definition) is 12. The summed E-state index contributed by atoms with van der Waals surface area (Å²) in [6.07, 6.45) is 8.52. The number of carboxylic acid groups (broad SMARTS) is 1. The minimum atomic E-state index is -1.21. The smallest absolute Gasteiger partial charge is 0.328 e. The SMILES string of the molecule is CC[C@H](OC(=O)[C@H](CCCCN(O)C(=O)/C=C\CCCCCCCC(=O)O)NC(=O)[C@@H]1N=C(c2ccccc2O)O[C@H]1C)[C@@H](C)C(=O)N[C@@H]1CCCCN(O)C1=O. The summed E-state index contributed by atoms with van der Waals surface area (Å²) in [5.74, 6) is -4.93. The number of amides is 4. The molecule has 2 aliphatic rings. The highest BCUT2D eigenvalue weighted by Gasteiger charge is 2.38. The Morgan fingerprint density at radius 3 is 2.51 bits per heavy atom. The zero-order valence-corrected chi connectivity index (χ0v) is 33.1. The molecule has 1 aromatic rings. The molecule has 1 fully saturated rings. The molecule has 4 amide bonds. The molecular formula is C40H59N5O12. The maximum atomic E-state index is 13.7. The minimum Gasteiger partial charge on any atom is -0.507 e. The van der Waals surface area contributed by atoms with Crippen LogP contribution >= 0.6 is 0 Å². The number of carboxylic acids is 1. The molecule has 0 spiro atoms. The summed E-state index contributed by atoms with van der Waals surface area (Å²) in [5, 5.41) is 45.8. The summed E-state index contributed by atoms with van der Waals surface area (Å²) in [5.41, 5.74) is 0.300. The van der Waals surface area contributed by atoms with E-state index in [1.54, 1.807) is 45.0 Å². The second-order valence-corrected chi connectivity index (χ2v) is 14.5. The van der Waals surface area contributed by atoms with Crippen molar-refractivity contribution >= 4 is 41.5 Å². The molecule has 0 unspecified atom stereocenters. The van der Waals surface area contributed by atoms with E-state index in [4.69, 9.17) is 14.6 Å². The second kappa shape index (κ2) is 23.9. The molecule has 0 saturated carbocycles. The van der Waals surface area contributed by atoms with Gasteiger partial charge in [0.2, 0.25) is 17.7 Å². The predicted molar refractivity (Wildman–Crippen MR) is 206 cm³/mol. The van der Waals surface area contributed by atoms with Gasteiger partial charge in [0.25, 0.3) is 11.8 Å². The van der Waals surface area contributed by atoms with Gasteiger partial charge in [0, 0.05) is 25.6 Å². The number of aromatic hydroxyl groups is 1. The Labute approximate surface area is 333 Å². The number of benzene rings is 1. The molecule has 17 heteroatoms. The van der Waals surface area contributed by atoms with Crippen LogP contribution < -0.4 is 10.6 Å². The molecule has 2 heterocycles. The number of nitrogens with one attached hydrogen (secondary N) is 2. The molecule has 316 valence electrons. The van der Waals surface area contributed by atoms with Crippen molar-refractivity contribution in [2.45, 2.75) is 141 Å². The van der Waals surface area contributed by atoms with Gasteiger partial charge < -0.3 is 30.3 Å². The van der Waals surface area contributed by atoms with Gasteiger partial charge in [-0.25, -0.2) is 19.9 Å². The lowest BCUT2D eigenvalue weighted by Gasteiger charge is -2.27. The second-order valence-electron chi connectivity index (χ2n) is 14.5. The van der Waals surface area contributed by atoms with Crippen molar-refractivity contribution in [2.24, 2.45) is 10.9 Å². The van der Waals surface area contributed by atoms with Crippen molar-refractivity contribution in [3.8, 4) is 5.75 Å². The van der Waals surface area contributed by atoms with Crippen LogP contribution in [0.4, 0.5) is 0 Å². The highest BCUT2D eigenvalue weighted by Crippen LogP contribution is 2.25. The van der Waals surface area contributed by atoms with Crippen molar-refractivity contribution in [1.29, 1.82) is 0 Å². The third kappa shape index (κ3) is 15.1. The number of nitrogens with zero attached hydrogens (tertiary/aromatic N) is 3. The molecule has 1 aromatic carbocycles. The molecule has 0 aromatic heterocycles. The molecular weight excluding hydrogens is 742 g/mol. The topological polar surface area (TPSA) is 245 Å². The van der Waals surface area contributed by atoms with Crippen LogP contribution in [-0.2, 0) is 38.2 Å². The van der Waals surface area contributed by atoms with E-state index in [2.05, 4.69) is 15.6 Å². The Morgan fingerprint density at radius 2 is 1.79 bits per heavy atom. The number of ether oxygens (including phenoxy) is 2. The monoisotopic (exact) mass is 801 g/mol. The van der Waals surface area contributed by atoms with E-state index in [0.717, 1.165) is 25.7 Å². The summed E-state index contributed by atoms with van der Waals surface area (Å²) in [4.78, 5) is 80.5. The van der Waals surface area contributed by atoms with Gasteiger partial charge in [-0.05, 0) is 83.3 Å². The van der Waals surface area contributed by atoms with Gasteiger partial charge in [0.15, 0.2) is 6.04 Å². The number of carbonyl (C=O) groups excluding carboxylic acids is 5. The van der Waals surface area contributed by atoms with E-state index in [1.807, 2.05) is 0 Å². The number of para-hydroxylation sites is 1. The molecule has 6 N–H and O–H groups in total. The zero-order valence-electron chi connectivity index (χ0n) is 33.1. The van der Waals surface area contributed by atoms with Gasteiger partial charge >= 0.3 is 11.9 Å². The molecule has 0 radical (unpaired) electrons. The molecule has 6 atom stereocenters. The Kier molecular flexibility index (Phi) is 19.4. The largest absolute Gasteiger partial charge is 0.507 e. The van der Waals surface area contributed by atoms with Crippen molar-refractivity contribution in [2.75, 3.05) is 13.1 Å². The molecule has 0 aliphatic carbocycles. The van der Waals surface area contributed by atoms with E-state index in [-0.39, 0.29) is 56.8 Å². The average molecular weight is 802 g/mol. The molecule has 0 bridgehead atoms. The maximum absolute atomic E-state index is 13.7. The summed E-state index contributed by atoms with van der Waals surface area (Å²) in [6.45, 7) is 5.02. The Bertz CT molecular complexity index is 1590. The van der Waals surface area contributed by atoms with Crippen LogP contribution in [0, 0.1) is 5.92 Å². The van der Waals surface area contributed by atoms with Crippen LogP contribution in [0.15, 0.2) is 41.4 Å². The van der Waals surface area contributed by atoms with Crippen LogP contribution in [0.3, 0.4) is 0 Å². The van der Waals surface area contributed by atoms with Crippen LogP contribution in [0.25, 0.3) is 0 Å². The first-order valence-electron chi connectivity index (χ1n) is 20.0. The van der Waals surface area contributed by atoms with Crippen molar-refractivity contribution in [3.05, 3.63) is 42.0 Å². The third-order valence-electron chi connectivity index (χ3n) is 10.0. The molecule has 3 rings (SSSR count). The first-order chi connectivity index (χ1) is 27.2. The maximum Gasteiger partial charge on any atom is 0.328 e. The third-order valence-corrected chi connectivity index (χ3v) is 10.0. The van der Waals surface area contributed by atoms with Crippen LogP contribution in [0.1, 0.15) is 116 Å². The summed E-state index contributed by atoms with van der Waals surface area (Å²) < 4.78 is 11.6. The fourth-order valence-electron chi connectivity index (χ4n) is 6.53. The summed E-state index contributed by atoms with van der Waals surface area (Å²) in [6, 6.07) is 3.16. The number of aliphatic carboxylic acids is 1. The van der Waals surface area contributed by atoms with Gasteiger partial charge in [-0.2, -0.15) is 0 Å². The fraction of sp³-hybridized carbons (Fsp3) is 0.625. The highest BCUT2D eigenvalue weighted by molar-refractivity contribution is 6.01. The van der Waals surface area contributed by atoms with Crippen molar-refractivity contribution < 1.29 is 58.9 Å². The summed E-state index contributed by atoms with van der Waals surface area (Å²) in [7, 11) is 0. The highest BCUT2D eigenvalue weighted by atomic mass is 16.5. The van der Waals surface area contributed by atoms with E-state index in [0.29, 0.717) is 47.8 Å². The normalized spacial score (nSPS) is 19.8. The lowest BCUT2D eigenvalue weighted by Crippen LogP contribution is -2.51. The Morgan fingerprint density at radius 1 is 1.07 bits per heavy atom. The predicted octanol–water partition coefficient (Wildman–Crippen LogP) is 4.01.